The van der Waals surface area contributed by atoms with Crippen LogP contribution in [0.25, 0.3) is 0 Å². The number of nitrogens with one attached hydrogen (secondary N) is 1. The Bertz CT molecular complexity index is 636. The van der Waals surface area contributed by atoms with Gasteiger partial charge in [-0.15, -0.1) is 0 Å². The second kappa shape index (κ2) is 8.37. The van der Waals surface area contributed by atoms with E-state index in [0.717, 1.165) is 50.2 Å². The summed E-state index contributed by atoms with van der Waals surface area (Å²) in [4.78, 5) is 14.3. The highest BCUT2D eigenvalue weighted by molar-refractivity contribution is 5.76. The van der Waals surface area contributed by atoms with Gasteiger partial charge in [0.1, 0.15) is 5.75 Å². The van der Waals surface area contributed by atoms with E-state index in [9.17, 15) is 9.90 Å². The molecule has 2 saturated heterocycles. The van der Waals surface area contributed by atoms with E-state index in [0.29, 0.717) is 19.8 Å². The van der Waals surface area contributed by atoms with Gasteiger partial charge in [0.25, 0.3) is 0 Å². The van der Waals surface area contributed by atoms with Gasteiger partial charge in [-0.2, -0.15) is 0 Å². The Hall–Kier alpha value is -1.63. The molecule has 0 saturated carbocycles. The Morgan fingerprint density at radius 1 is 1.46 bits per heavy atom. The summed E-state index contributed by atoms with van der Waals surface area (Å²) in [6.07, 6.45) is 2.57. The fourth-order valence-corrected chi connectivity index (χ4v) is 4.38. The number of carboxylic acid groups (broad SMARTS) is 1. The van der Waals surface area contributed by atoms with Gasteiger partial charge in [0.15, 0.2) is 0 Å². The molecule has 144 valence electrons. The lowest BCUT2D eigenvalue weighted by Crippen LogP contribution is -2.62. The number of nitrogens with zero attached hydrogens (tertiary/aromatic N) is 1. The molecule has 3 rings (SSSR count). The maximum absolute atomic E-state index is 12.1. The number of likely N-dealkylation sites (tertiary alicyclic amines) is 1. The van der Waals surface area contributed by atoms with E-state index < -0.39 is 11.4 Å². The van der Waals surface area contributed by atoms with Gasteiger partial charge in [0, 0.05) is 37.8 Å². The molecule has 0 unspecified atom stereocenters. The predicted octanol–water partition coefficient (Wildman–Crippen LogP) is 2.26. The van der Waals surface area contributed by atoms with Gasteiger partial charge in [0.2, 0.25) is 0 Å². The Kier molecular flexibility index (Phi) is 6.16. The van der Waals surface area contributed by atoms with E-state index in [1.165, 1.54) is 5.56 Å². The first kappa shape index (κ1) is 19.1. The van der Waals surface area contributed by atoms with Crippen molar-refractivity contribution in [2.24, 2.45) is 5.41 Å². The zero-order valence-corrected chi connectivity index (χ0v) is 15.8. The number of piperidine rings is 2. The number of carbonyl (C=O) groups is 1. The Balaban J connectivity index is 1.73. The van der Waals surface area contributed by atoms with Gasteiger partial charge < -0.3 is 19.9 Å². The lowest BCUT2D eigenvalue weighted by molar-refractivity contribution is -0.157. The van der Waals surface area contributed by atoms with Crippen LogP contribution >= 0.6 is 0 Å². The normalized spacial score (nSPS) is 26.3. The Labute approximate surface area is 155 Å². The Morgan fingerprint density at radius 3 is 3.04 bits per heavy atom. The predicted molar refractivity (Wildman–Crippen MR) is 99.3 cm³/mol. The second-order valence-corrected chi connectivity index (χ2v) is 7.35. The largest absolute Gasteiger partial charge is 0.496 e. The van der Waals surface area contributed by atoms with Crippen molar-refractivity contribution in [1.82, 2.24) is 10.2 Å². The molecule has 0 radical (unpaired) electrons. The number of carboxylic acids is 1. The quantitative estimate of drug-likeness (QED) is 0.775. The molecule has 6 heteroatoms. The van der Waals surface area contributed by atoms with Crippen LogP contribution in [-0.2, 0) is 22.7 Å². The van der Waals surface area contributed by atoms with Crippen LogP contribution in [0.1, 0.15) is 37.3 Å². The van der Waals surface area contributed by atoms with Crippen molar-refractivity contribution in [1.29, 1.82) is 0 Å². The molecule has 2 aliphatic rings. The first-order valence-electron chi connectivity index (χ1n) is 9.51. The number of hydrogen-bond donors (Lipinski definition) is 2. The molecule has 0 aliphatic carbocycles. The maximum Gasteiger partial charge on any atom is 0.312 e. The van der Waals surface area contributed by atoms with Crippen LogP contribution in [0.3, 0.4) is 0 Å². The molecule has 0 amide bonds. The molecular weight excluding hydrogens is 332 g/mol. The van der Waals surface area contributed by atoms with E-state index in [4.69, 9.17) is 9.47 Å². The molecule has 2 N–H and O–H groups in total. The van der Waals surface area contributed by atoms with Gasteiger partial charge in [-0.3, -0.25) is 9.69 Å². The number of ether oxygens (including phenoxy) is 2. The van der Waals surface area contributed by atoms with Crippen LogP contribution in [-0.4, -0.2) is 55.4 Å². The van der Waals surface area contributed by atoms with Crippen molar-refractivity contribution >= 4 is 5.97 Å². The van der Waals surface area contributed by atoms with Gasteiger partial charge >= 0.3 is 5.97 Å². The average Bonchev–Trinajstić information content (AvgIpc) is 2.66. The smallest absolute Gasteiger partial charge is 0.312 e. The van der Waals surface area contributed by atoms with Gasteiger partial charge in [-0.25, -0.2) is 0 Å². The number of benzene rings is 1. The number of hydrogen-bond acceptors (Lipinski definition) is 5. The van der Waals surface area contributed by atoms with Crippen LogP contribution in [0.5, 0.6) is 5.75 Å². The fraction of sp³-hybridized carbons (Fsp3) is 0.650. The third-order valence-corrected chi connectivity index (χ3v) is 5.74. The van der Waals surface area contributed by atoms with Crippen molar-refractivity contribution in [2.75, 3.05) is 33.4 Å². The lowest BCUT2D eigenvalue weighted by Gasteiger charge is -2.48. The Morgan fingerprint density at radius 2 is 2.31 bits per heavy atom. The molecular formula is C20H30N2O4. The molecule has 2 fully saturated rings. The van der Waals surface area contributed by atoms with E-state index in [-0.39, 0.29) is 6.04 Å². The SMILES string of the molecule is CCOCc1cc(CN2CC[C@H]3NCCC[C@]3(C(=O)O)C2)ccc1OC. The zero-order valence-electron chi connectivity index (χ0n) is 15.8. The van der Waals surface area contributed by atoms with E-state index in [1.807, 2.05) is 13.0 Å². The van der Waals surface area contributed by atoms with Crippen molar-refractivity contribution in [2.45, 2.75) is 45.4 Å². The summed E-state index contributed by atoms with van der Waals surface area (Å²) in [5.41, 5.74) is 1.55. The van der Waals surface area contributed by atoms with Gasteiger partial charge in [-0.05, 0) is 50.4 Å². The summed E-state index contributed by atoms with van der Waals surface area (Å²) >= 11 is 0. The van der Waals surface area contributed by atoms with Crippen molar-refractivity contribution < 1.29 is 19.4 Å². The average molecular weight is 362 g/mol. The molecule has 2 heterocycles. The second-order valence-electron chi connectivity index (χ2n) is 7.35. The molecule has 1 aromatic rings. The van der Waals surface area contributed by atoms with E-state index >= 15 is 0 Å². The van der Waals surface area contributed by atoms with Gasteiger partial charge in [0.05, 0.1) is 19.1 Å². The van der Waals surface area contributed by atoms with Crippen molar-refractivity contribution in [3.05, 3.63) is 29.3 Å². The van der Waals surface area contributed by atoms with E-state index in [1.54, 1.807) is 7.11 Å². The third kappa shape index (κ3) is 3.87. The molecule has 2 atom stereocenters. The summed E-state index contributed by atoms with van der Waals surface area (Å²) in [5.74, 6) is 0.172. The summed E-state index contributed by atoms with van der Waals surface area (Å²) in [5, 5.41) is 13.4. The maximum atomic E-state index is 12.1. The molecule has 2 aliphatic heterocycles. The van der Waals surface area contributed by atoms with Crippen molar-refractivity contribution in [3.8, 4) is 5.75 Å². The lowest BCUT2D eigenvalue weighted by atomic mass is 9.70. The number of rotatable bonds is 7. The zero-order chi connectivity index (χ0) is 18.6. The third-order valence-electron chi connectivity index (χ3n) is 5.74. The molecule has 0 aromatic heterocycles. The van der Waals surface area contributed by atoms with Crippen LogP contribution in [0.4, 0.5) is 0 Å². The number of fused-ring (bicyclic) bond motifs is 1. The van der Waals surface area contributed by atoms with Crippen LogP contribution < -0.4 is 10.1 Å². The molecule has 0 bridgehead atoms. The highest BCUT2D eigenvalue weighted by Crippen LogP contribution is 2.38. The monoisotopic (exact) mass is 362 g/mol. The molecule has 26 heavy (non-hydrogen) atoms. The highest BCUT2D eigenvalue weighted by Gasteiger charge is 2.50. The van der Waals surface area contributed by atoms with E-state index in [2.05, 4.69) is 22.3 Å². The summed E-state index contributed by atoms with van der Waals surface area (Å²) < 4.78 is 11.0. The minimum atomic E-state index is -0.661. The molecule has 0 spiro atoms. The standard InChI is InChI=1S/C20H30N2O4/c1-3-26-13-16-11-15(5-6-17(16)25-2)12-22-10-7-18-20(14-22,19(23)24)8-4-9-21-18/h5-6,11,18,21H,3-4,7-10,12-14H2,1-2H3,(H,23,24)/t18-,20+/m1/s1. The topological polar surface area (TPSA) is 71.0 Å². The van der Waals surface area contributed by atoms with Crippen LogP contribution in [0.15, 0.2) is 18.2 Å². The highest BCUT2D eigenvalue weighted by atomic mass is 16.5. The van der Waals surface area contributed by atoms with Crippen LogP contribution in [0.2, 0.25) is 0 Å². The summed E-state index contributed by atoms with van der Waals surface area (Å²) in [6.45, 7) is 6.37. The van der Waals surface area contributed by atoms with Gasteiger partial charge in [-0.1, -0.05) is 6.07 Å². The molecule has 6 nitrogen and oxygen atoms in total. The fourth-order valence-electron chi connectivity index (χ4n) is 4.38. The van der Waals surface area contributed by atoms with Crippen LogP contribution in [0, 0.1) is 5.41 Å². The first-order chi connectivity index (χ1) is 12.6. The van der Waals surface area contributed by atoms with Crippen molar-refractivity contribution in [3.63, 3.8) is 0 Å². The number of methoxy groups -OCH3 is 1. The summed E-state index contributed by atoms with van der Waals surface area (Å²) in [7, 11) is 1.67. The minimum absolute atomic E-state index is 0.0920. The first-order valence-corrected chi connectivity index (χ1v) is 9.51. The number of aliphatic carboxylic acids is 1. The molecule has 1 aromatic carbocycles. The summed E-state index contributed by atoms with van der Waals surface area (Å²) in [6, 6.07) is 6.25. The minimum Gasteiger partial charge on any atom is -0.496 e.